The lowest BCUT2D eigenvalue weighted by molar-refractivity contribution is 0.171. The molecule has 1 fully saturated rings. The Morgan fingerprint density at radius 1 is 1.35 bits per heavy atom. The van der Waals surface area contributed by atoms with Crippen LogP contribution in [-0.4, -0.2) is 18.8 Å². The van der Waals surface area contributed by atoms with Crippen LogP contribution < -0.4 is 15.2 Å². The zero-order valence-electron chi connectivity index (χ0n) is 9.88. The highest BCUT2D eigenvalue weighted by atomic mass is 35.5. The first-order chi connectivity index (χ1) is 8.09. The fourth-order valence-electron chi connectivity index (χ4n) is 2.21. The summed E-state index contributed by atoms with van der Waals surface area (Å²) in [5.41, 5.74) is 8.36. The summed E-state index contributed by atoms with van der Waals surface area (Å²) in [5, 5.41) is 0.677. The normalized spacial score (nSPS) is 20.2. The molecule has 17 heavy (non-hydrogen) atoms. The smallest absolute Gasteiger partial charge is 0.180 e. The quantitative estimate of drug-likeness (QED) is 0.881. The zero-order valence-corrected chi connectivity index (χ0v) is 10.6. The van der Waals surface area contributed by atoms with Crippen LogP contribution in [0.25, 0.3) is 0 Å². The molecule has 4 heteroatoms. The van der Waals surface area contributed by atoms with Crippen LogP contribution in [0.3, 0.4) is 0 Å². The van der Waals surface area contributed by atoms with Crippen molar-refractivity contribution >= 4 is 11.6 Å². The molecule has 0 atom stereocenters. The maximum absolute atomic E-state index is 6.41. The lowest BCUT2D eigenvalue weighted by atomic mass is 9.99. The number of fused-ring (bicyclic) bond motifs is 1. The van der Waals surface area contributed by atoms with Gasteiger partial charge in [0.15, 0.2) is 11.5 Å². The van der Waals surface area contributed by atoms with Crippen molar-refractivity contribution in [1.82, 2.24) is 0 Å². The van der Waals surface area contributed by atoms with E-state index in [9.17, 15) is 0 Å². The van der Waals surface area contributed by atoms with Gasteiger partial charge in [0.2, 0.25) is 0 Å². The monoisotopic (exact) mass is 253 g/mol. The molecule has 1 heterocycles. The average Bonchev–Trinajstić information content (AvgIpc) is 3.03. The molecule has 0 unspecified atom stereocenters. The van der Waals surface area contributed by atoms with E-state index in [2.05, 4.69) is 0 Å². The molecule has 3 nitrogen and oxygen atoms in total. The zero-order chi connectivity index (χ0) is 12.0. The summed E-state index contributed by atoms with van der Waals surface area (Å²) >= 11 is 6.41. The van der Waals surface area contributed by atoms with E-state index in [-0.39, 0.29) is 5.54 Å². The fraction of sp³-hybridized carbons (Fsp3) is 0.538. The molecule has 1 aliphatic carbocycles. The SMILES string of the molecule is Cc1cc2c(c(Cl)c1CC1(N)CC1)OCCO2. The van der Waals surface area contributed by atoms with Crippen LogP contribution in [0.2, 0.25) is 5.02 Å². The maximum atomic E-state index is 6.41. The van der Waals surface area contributed by atoms with Gasteiger partial charge in [0.1, 0.15) is 13.2 Å². The van der Waals surface area contributed by atoms with Gasteiger partial charge >= 0.3 is 0 Å². The van der Waals surface area contributed by atoms with E-state index >= 15 is 0 Å². The van der Waals surface area contributed by atoms with Crippen LogP contribution in [0.15, 0.2) is 6.07 Å². The van der Waals surface area contributed by atoms with Crippen molar-refractivity contribution in [2.24, 2.45) is 5.73 Å². The van der Waals surface area contributed by atoms with Crippen molar-refractivity contribution in [1.29, 1.82) is 0 Å². The second-order valence-corrected chi connectivity index (χ2v) is 5.43. The fourth-order valence-corrected chi connectivity index (χ4v) is 2.57. The summed E-state index contributed by atoms with van der Waals surface area (Å²) in [6.45, 7) is 3.19. The number of benzene rings is 1. The van der Waals surface area contributed by atoms with E-state index in [4.69, 9.17) is 26.8 Å². The first-order valence-corrected chi connectivity index (χ1v) is 6.33. The molecule has 2 aliphatic rings. The van der Waals surface area contributed by atoms with E-state index in [0.717, 1.165) is 36.1 Å². The Morgan fingerprint density at radius 2 is 2.06 bits per heavy atom. The van der Waals surface area contributed by atoms with Gasteiger partial charge in [-0.05, 0) is 43.4 Å². The minimum Gasteiger partial charge on any atom is -0.486 e. The molecule has 0 spiro atoms. The van der Waals surface area contributed by atoms with Crippen LogP contribution >= 0.6 is 11.6 Å². The number of hydrogen-bond donors (Lipinski definition) is 1. The average molecular weight is 254 g/mol. The molecule has 0 saturated heterocycles. The van der Waals surface area contributed by atoms with E-state index in [1.807, 2.05) is 13.0 Å². The van der Waals surface area contributed by atoms with Gasteiger partial charge in [0.25, 0.3) is 0 Å². The van der Waals surface area contributed by atoms with Crippen LogP contribution in [0.1, 0.15) is 24.0 Å². The maximum Gasteiger partial charge on any atom is 0.180 e. The van der Waals surface area contributed by atoms with Crippen molar-refractivity contribution in [3.63, 3.8) is 0 Å². The lowest BCUT2D eigenvalue weighted by Crippen LogP contribution is -2.25. The summed E-state index contributed by atoms with van der Waals surface area (Å²) in [4.78, 5) is 0. The highest BCUT2D eigenvalue weighted by Crippen LogP contribution is 2.45. The Labute approximate surface area is 106 Å². The molecule has 0 bridgehead atoms. The molecule has 92 valence electrons. The van der Waals surface area contributed by atoms with E-state index in [1.165, 1.54) is 0 Å². The topological polar surface area (TPSA) is 44.5 Å². The summed E-state index contributed by atoms with van der Waals surface area (Å²) in [5.74, 6) is 1.44. The van der Waals surface area contributed by atoms with Gasteiger partial charge in [-0.25, -0.2) is 0 Å². The number of rotatable bonds is 2. The largest absolute Gasteiger partial charge is 0.486 e. The molecule has 0 aromatic heterocycles. The number of hydrogen-bond acceptors (Lipinski definition) is 3. The van der Waals surface area contributed by atoms with Crippen LogP contribution in [-0.2, 0) is 6.42 Å². The van der Waals surface area contributed by atoms with E-state index in [0.29, 0.717) is 24.0 Å². The Balaban J connectivity index is 2.02. The number of halogens is 1. The summed E-state index contributed by atoms with van der Waals surface area (Å²) in [7, 11) is 0. The Hall–Kier alpha value is -0.930. The third kappa shape index (κ3) is 1.98. The Kier molecular flexibility index (Phi) is 2.49. The molecule has 1 aromatic carbocycles. The molecular weight excluding hydrogens is 238 g/mol. The number of nitrogens with two attached hydrogens (primary N) is 1. The molecule has 1 aromatic rings. The summed E-state index contributed by atoms with van der Waals surface area (Å²) in [6, 6.07) is 2.00. The second-order valence-electron chi connectivity index (χ2n) is 5.05. The first kappa shape index (κ1) is 11.2. The molecule has 3 rings (SSSR count). The Bertz CT molecular complexity index is 469. The highest BCUT2D eigenvalue weighted by Gasteiger charge is 2.39. The Morgan fingerprint density at radius 3 is 2.76 bits per heavy atom. The van der Waals surface area contributed by atoms with Gasteiger partial charge in [-0.1, -0.05) is 11.6 Å². The van der Waals surface area contributed by atoms with Crippen molar-refractivity contribution in [2.75, 3.05) is 13.2 Å². The van der Waals surface area contributed by atoms with Gasteiger partial charge in [0.05, 0.1) is 5.02 Å². The third-order valence-electron chi connectivity index (χ3n) is 3.52. The van der Waals surface area contributed by atoms with Crippen LogP contribution in [0, 0.1) is 6.92 Å². The predicted molar refractivity (Wildman–Crippen MR) is 67.0 cm³/mol. The highest BCUT2D eigenvalue weighted by molar-refractivity contribution is 6.33. The van der Waals surface area contributed by atoms with Crippen molar-refractivity contribution in [2.45, 2.75) is 31.7 Å². The number of ether oxygens (including phenoxy) is 2. The van der Waals surface area contributed by atoms with Crippen molar-refractivity contribution in [3.05, 3.63) is 22.2 Å². The van der Waals surface area contributed by atoms with Crippen molar-refractivity contribution < 1.29 is 9.47 Å². The van der Waals surface area contributed by atoms with E-state index in [1.54, 1.807) is 0 Å². The van der Waals surface area contributed by atoms with Gasteiger partial charge in [-0.3, -0.25) is 0 Å². The minimum atomic E-state index is -0.0435. The summed E-state index contributed by atoms with van der Waals surface area (Å²) in [6.07, 6.45) is 2.99. The minimum absolute atomic E-state index is 0.0435. The molecule has 2 N–H and O–H groups in total. The van der Waals surface area contributed by atoms with Crippen molar-refractivity contribution in [3.8, 4) is 11.5 Å². The van der Waals surface area contributed by atoms with E-state index < -0.39 is 0 Å². The lowest BCUT2D eigenvalue weighted by Gasteiger charge is -2.23. The standard InChI is InChI=1S/C13H16ClNO2/c1-8-6-10-12(17-5-4-16-10)11(14)9(8)7-13(15)2-3-13/h6H,2-5,7,15H2,1H3. The first-order valence-electron chi connectivity index (χ1n) is 5.95. The van der Waals surface area contributed by atoms with Gasteiger partial charge in [0, 0.05) is 5.54 Å². The molecule has 1 aliphatic heterocycles. The molecular formula is C13H16ClNO2. The third-order valence-corrected chi connectivity index (χ3v) is 3.92. The van der Waals surface area contributed by atoms with Crippen LogP contribution in [0.5, 0.6) is 11.5 Å². The molecule has 0 radical (unpaired) electrons. The molecule has 0 amide bonds. The second kappa shape index (κ2) is 3.79. The van der Waals surface area contributed by atoms with Gasteiger partial charge in [-0.15, -0.1) is 0 Å². The van der Waals surface area contributed by atoms with Gasteiger partial charge < -0.3 is 15.2 Å². The van der Waals surface area contributed by atoms with Gasteiger partial charge in [-0.2, -0.15) is 0 Å². The predicted octanol–water partition coefficient (Wildman–Crippen LogP) is 2.45. The summed E-state index contributed by atoms with van der Waals surface area (Å²) < 4.78 is 11.1. The van der Waals surface area contributed by atoms with Crippen LogP contribution in [0.4, 0.5) is 0 Å². The number of aryl methyl sites for hydroxylation is 1. The molecule has 1 saturated carbocycles.